The SMILES string of the molecule is CC(C)c1cc2c(c3ccc(N(c4ccccc4)c4ccc(C(C)(C)C)cc4)cc13)C1(c3ccccc3-c3ccccc31)c1c-2cc(C(C)C)c2cc(N(c3ccccc3)c3ccc(C(C)(C)C)cc3)ccc12. The number of benzene rings is 10. The molecule has 0 bridgehead atoms. The Balaban J connectivity index is 1.15. The monoisotopic (exact) mass is 947 g/mol. The number of hydrogen-bond acceptors (Lipinski definition) is 2. The third-order valence-corrected chi connectivity index (χ3v) is 16.1. The summed E-state index contributed by atoms with van der Waals surface area (Å²) in [6, 6.07) is 78.6. The molecule has 0 amide bonds. The Labute approximate surface area is 433 Å². The molecule has 0 saturated heterocycles. The maximum atomic E-state index is 2.59. The molecular formula is C71H66N2. The van der Waals surface area contributed by atoms with Gasteiger partial charge in [-0.05, 0) is 196 Å². The van der Waals surface area contributed by atoms with Crippen LogP contribution in [0.1, 0.15) is 126 Å². The minimum absolute atomic E-state index is 0.0571. The zero-order valence-electron chi connectivity index (χ0n) is 44.2. The van der Waals surface area contributed by atoms with Crippen LogP contribution < -0.4 is 9.80 Å². The molecule has 10 aromatic carbocycles. The van der Waals surface area contributed by atoms with Gasteiger partial charge < -0.3 is 9.80 Å². The van der Waals surface area contributed by atoms with E-state index in [1.165, 1.54) is 88.3 Å². The smallest absolute Gasteiger partial charge is 0.0737 e. The number of hydrogen-bond donors (Lipinski definition) is 0. The van der Waals surface area contributed by atoms with E-state index in [0.29, 0.717) is 0 Å². The van der Waals surface area contributed by atoms with Gasteiger partial charge in [0.2, 0.25) is 0 Å². The van der Waals surface area contributed by atoms with Crippen LogP contribution in [0.25, 0.3) is 43.8 Å². The fourth-order valence-electron chi connectivity index (χ4n) is 12.5. The first-order chi connectivity index (χ1) is 35.1. The van der Waals surface area contributed by atoms with Gasteiger partial charge in [0.15, 0.2) is 0 Å². The molecule has 0 saturated carbocycles. The highest BCUT2D eigenvalue weighted by atomic mass is 15.1. The van der Waals surface area contributed by atoms with Gasteiger partial charge in [0.1, 0.15) is 0 Å². The summed E-state index contributed by atoms with van der Waals surface area (Å²) in [5.74, 6) is 0.549. The van der Waals surface area contributed by atoms with Gasteiger partial charge in [0.05, 0.1) is 5.41 Å². The van der Waals surface area contributed by atoms with E-state index in [9.17, 15) is 0 Å². The molecule has 0 N–H and O–H groups in total. The van der Waals surface area contributed by atoms with Crippen molar-refractivity contribution in [3.63, 3.8) is 0 Å². The molecule has 0 aromatic heterocycles. The van der Waals surface area contributed by atoms with E-state index in [0.717, 1.165) is 34.1 Å². The molecule has 0 heterocycles. The van der Waals surface area contributed by atoms with Crippen molar-refractivity contribution in [2.45, 2.75) is 97.3 Å². The van der Waals surface area contributed by atoms with Gasteiger partial charge in [0.25, 0.3) is 0 Å². The lowest BCUT2D eigenvalue weighted by atomic mass is 9.67. The predicted octanol–water partition coefficient (Wildman–Crippen LogP) is 20.1. The van der Waals surface area contributed by atoms with Crippen LogP contribution in [0.5, 0.6) is 0 Å². The van der Waals surface area contributed by atoms with Gasteiger partial charge in [0, 0.05) is 34.1 Å². The Bertz CT molecular complexity index is 3480. The molecule has 0 radical (unpaired) electrons. The Morgan fingerprint density at radius 3 is 1.00 bits per heavy atom. The van der Waals surface area contributed by atoms with E-state index in [4.69, 9.17) is 0 Å². The highest BCUT2D eigenvalue weighted by Gasteiger charge is 2.54. The number of rotatable bonds is 8. The maximum Gasteiger partial charge on any atom is 0.0737 e. The second-order valence-corrected chi connectivity index (χ2v) is 23.3. The summed E-state index contributed by atoms with van der Waals surface area (Å²) in [7, 11) is 0. The van der Waals surface area contributed by atoms with Crippen molar-refractivity contribution in [1.29, 1.82) is 0 Å². The molecule has 10 aromatic rings. The van der Waals surface area contributed by atoms with E-state index in [2.05, 4.69) is 285 Å². The highest BCUT2D eigenvalue weighted by Crippen LogP contribution is 2.66. The van der Waals surface area contributed by atoms with E-state index in [1.807, 2.05) is 0 Å². The van der Waals surface area contributed by atoms with Crippen LogP contribution in [0.4, 0.5) is 34.1 Å². The summed E-state index contributed by atoms with van der Waals surface area (Å²) in [5.41, 5.74) is 22.6. The molecule has 73 heavy (non-hydrogen) atoms. The second-order valence-electron chi connectivity index (χ2n) is 23.3. The maximum absolute atomic E-state index is 2.59. The average Bonchev–Trinajstić information content (AvgIpc) is 3.86. The number of nitrogens with zero attached hydrogens (tertiary/aromatic N) is 2. The summed E-state index contributed by atoms with van der Waals surface area (Å²) in [4.78, 5) is 4.87. The third kappa shape index (κ3) is 7.35. The van der Waals surface area contributed by atoms with Crippen LogP contribution in [-0.4, -0.2) is 0 Å². The Morgan fingerprint density at radius 2 is 0.644 bits per heavy atom. The molecule has 0 aliphatic heterocycles. The lowest BCUT2D eigenvalue weighted by Crippen LogP contribution is -2.27. The number of para-hydroxylation sites is 2. The van der Waals surface area contributed by atoms with E-state index >= 15 is 0 Å². The fourth-order valence-corrected chi connectivity index (χ4v) is 12.5. The molecule has 2 aliphatic rings. The van der Waals surface area contributed by atoms with Crippen molar-refractivity contribution in [3.8, 4) is 22.3 Å². The van der Waals surface area contributed by atoms with Crippen molar-refractivity contribution in [1.82, 2.24) is 0 Å². The molecule has 360 valence electrons. The zero-order valence-corrected chi connectivity index (χ0v) is 44.2. The van der Waals surface area contributed by atoms with Gasteiger partial charge in [-0.2, -0.15) is 0 Å². The van der Waals surface area contributed by atoms with Crippen molar-refractivity contribution in [3.05, 3.63) is 251 Å². The highest BCUT2D eigenvalue weighted by molar-refractivity contribution is 6.11. The van der Waals surface area contributed by atoms with E-state index < -0.39 is 5.41 Å². The minimum atomic E-state index is -0.577. The predicted molar refractivity (Wildman–Crippen MR) is 313 cm³/mol. The van der Waals surface area contributed by atoms with Gasteiger partial charge in [-0.15, -0.1) is 0 Å². The van der Waals surface area contributed by atoms with Gasteiger partial charge in [-0.3, -0.25) is 0 Å². The molecule has 2 nitrogen and oxygen atoms in total. The summed E-state index contributed by atoms with van der Waals surface area (Å²) < 4.78 is 0. The molecular weight excluding hydrogens is 881 g/mol. The van der Waals surface area contributed by atoms with Crippen molar-refractivity contribution >= 4 is 55.7 Å². The first kappa shape index (κ1) is 46.4. The molecule has 0 atom stereocenters. The topological polar surface area (TPSA) is 6.48 Å². The Morgan fingerprint density at radius 1 is 0.315 bits per heavy atom. The molecule has 2 aliphatic carbocycles. The molecule has 12 rings (SSSR count). The summed E-state index contributed by atoms with van der Waals surface area (Å²) >= 11 is 0. The Hall–Kier alpha value is -7.68. The van der Waals surface area contributed by atoms with Gasteiger partial charge in [-0.1, -0.05) is 191 Å². The van der Waals surface area contributed by atoms with E-state index in [-0.39, 0.29) is 22.7 Å². The molecule has 0 fully saturated rings. The van der Waals surface area contributed by atoms with Crippen molar-refractivity contribution in [2.24, 2.45) is 0 Å². The van der Waals surface area contributed by atoms with E-state index in [1.54, 1.807) is 0 Å². The molecule has 0 unspecified atom stereocenters. The quantitative estimate of drug-likeness (QED) is 0.150. The summed E-state index contributed by atoms with van der Waals surface area (Å²) in [6.45, 7) is 23.2. The first-order valence-corrected chi connectivity index (χ1v) is 26.5. The summed E-state index contributed by atoms with van der Waals surface area (Å²) in [5, 5.41) is 5.24. The van der Waals surface area contributed by atoms with Crippen molar-refractivity contribution in [2.75, 3.05) is 9.80 Å². The van der Waals surface area contributed by atoms with Crippen LogP contribution in [-0.2, 0) is 16.2 Å². The van der Waals surface area contributed by atoms with Crippen LogP contribution in [0.3, 0.4) is 0 Å². The normalized spacial score (nSPS) is 13.4. The number of anilines is 6. The first-order valence-electron chi connectivity index (χ1n) is 26.5. The number of fused-ring (bicyclic) bond motifs is 14. The largest absolute Gasteiger partial charge is 0.310 e. The Kier molecular flexibility index (Phi) is 11.0. The third-order valence-electron chi connectivity index (χ3n) is 16.1. The van der Waals surface area contributed by atoms with Crippen LogP contribution in [0.2, 0.25) is 0 Å². The van der Waals surface area contributed by atoms with Gasteiger partial charge >= 0.3 is 0 Å². The molecule has 2 heteroatoms. The van der Waals surface area contributed by atoms with Crippen LogP contribution >= 0.6 is 0 Å². The lowest BCUT2D eigenvalue weighted by Gasteiger charge is -2.34. The standard InChI is InChI=1S/C71H66N2/c1-45(2)59-43-63-64-44-60(46(3)4)62-42-54(73(50-23-15-12-16-24-50)52-35-31-48(32-36-52)70(8,9)10)38-40-58(62)68(64)71(65-27-19-17-25-55(65)56-26-18-20-28-66(56)71)67(63)57-39-37-53(41-61(57)59)72(49-21-13-11-14-22-49)51-33-29-47(30-34-51)69(5,6)7/h11-46H,1-10H3. The average molecular weight is 947 g/mol. The zero-order chi connectivity index (χ0) is 50.6. The van der Waals surface area contributed by atoms with Crippen LogP contribution in [0, 0.1) is 0 Å². The minimum Gasteiger partial charge on any atom is -0.310 e. The lowest BCUT2D eigenvalue weighted by molar-refractivity contribution is 0.590. The van der Waals surface area contributed by atoms with Crippen molar-refractivity contribution < 1.29 is 0 Å². The second kappa shape index (κ2) is 17.2. The molecule has 1 spiro atoms. The fraction of sp³-hybridized carbons (Fsp3) is 0.211. The van der Waals surface area contributed by atoms with Crippen LogP contribution in [0.15, 0.2) is 206 Å². The summed E-state index contributed by atoms with van der Waals surface area (Å²) in [6.07, 6.45) is 0. The van der Waals surface area contributed by atoms with Gasteiger partial charge in [-0.25, -0.2) is 0 Å².